The zero-order chi connectivity index (χ0) is 10.3. The van der Waals surface area contributed by atoms with Crippen LogP contribution in [0.25, 0.3) is 0 Å². The fraction of sp³-hybridized carbons (Fsp3) is 0.375. The van der Waals surface area contributed by atoms with Gasteiger partial charge in [-0.15, -0.1) is 0 Å². The van der Waals surface area contributed by atoms with Crippen molar-refractivity contribution in [1.29, 1.82) is 0 Å². The van der Waals surface area contributed by atoms with E-state index in [1.165, 1.54) is 0 Å². The summed E-state index contributed by atoms with van der Waals surface area (Å²) in [6.45, 7) is 4.17. The van der Waals surface area contributed by atoms with Crippen molar-refractivity contribution < 1.29 is 23.9 Å². The number of esters is 3. The summed E-state index contributed by atoms with van der Waals surface area (Å²) in [5, 5.41) is 0. The van der Waals surface area contributed by atoms with E-state index in [2.05, 4.69) is 16.1 Å². The Balaban J connectivity index is 3.53. The topological polar surface area (TPSA) is 69.7 Å². The predicted molar refractivity (Wildman–Crippen MR) is 42.5 cm³/mol. The highest BCUT2D eigenvalue weighted by Crippen LogP contribution is 1.89. The third kappa shape index (κ3) is 6.74. The van der Waals surface area contributed by atoms with Gasteiger partial charge in [-0.2, -0.15) is 0 Å². The van der Waals surface area contributed by atoms with E-state index in [1.54, 1.807) is 0 Å². The van der Waals surface area contributed by atoms with Crippen LogP contribution in [0, 0.1) is 0 Å². The molecule has 0 heterocycles. The van der Waals surface area contributed by atoms with Gasteiger partial charge < -0.3 is 9.47 Å². The number of rotatable bonds is 4. The highest BCUT2D eigenvalue weighted by atomic mass is 16.6. The van der Waals surface area contributed by atoms with Gasteiger partial charge in [-0.05, 0) is 0 Å². The minimum atomic E-state index is -0.718. The van der Waals surface area contributed by atoms with Gasteiger partial charge in [-0.1, -0.05) is 6.58 Å². The molecule has 5 nitrogen and oxygen atoms in total. The van der Waals surface area contributed by atoms with Gasteiger partial charge in [-0.3, -0.25) is 9.59 Å². The second-order valence-corrected chi connectivity index (χ2v) is 2.09. The van der Waals surface area contributed by atoms with E-state index >= 15 is 0 Å². The fourth-order valence-corrected chi connectivity index (χ4v) is 0.505. The average molecular weight is 186 g/mol. The zero-order valence-corrected chi connectivity index (χ0v) is 7.24. The van der Waals surface area contributed by atoms with Crippen LogP contribution in [-0.2, 0) is 23.9 Å². The van der Waals surface area contributed by atoms with Crippen LogP contribution in [0.2, 0.25) is 0 Å². The molecule has 0 spiro atoms. The van der Waals surface area contributed by atoms with E-state index in [1.807, 2.05) is 0 Å². The van der Waals surface area contributed by atoms with Crippen molar-refractivity contribution >= 4 is 17.9 Å². The van der Waals surface area contributed by atoms with E-state index in [0.717, 1.165) is 13.0 Å². The summed E-state index contributed by atoms with van der Waals surface area (Å²) in [5.41, 5.74) is 0. The van der Waals surface area contributed by atoms with E-state index in [9.17, 15) is 14.4 Å². The van der Waals surface area contributed by atoms with E-state index in [-0.39, 0.29) is 13.0 Å². The van der Waals surface area contributed by atoms with Crippen molar-refractivity contribution in [2.24, 2.45) is 0 Å². The molecule has 72 valence electrons. The molecule has 0 aromatic rings. The second-order valence-electron chi connectivity index (χ2n) is 2.09. The lowest BCUT2D eigenvalue weighted by Crippen LogP contribution is -2.12. The third-order valence-electron chi connectivity index (χ3n) is 0.975. The molecule has 0 N–H and O–H groups in total. The van der Waals surface area contributed by atoms with Crippen molar-refractivity contribution in [3.05, 3.63) is 12.7 Å². The minimum Gasteiger partial charge on any atom is -0.462 e. The van der Waals surface area contributed by atoms with Gasteiger partial charge in [0.25, 0.3) is 0 Å². The lowest BCUT2D eigenvalue weighted by molar-refractivity contribution is -0.158. The largest absolute Gasteiger partial charge is 0.462 e. The Morgan fingerprint density at radius 3 is 2.46 bits per heavy atom. The molecule has 13 heavy (non-hydrogen) atoms. The maximum Gasteiger partial charge on any atom is 0.330 e. The number of carbonyl (C=O) groups is 3. The molecule has 0 aliphatic carbocycles. The van der Waals surface area contributed by atoms with Crippen molar-refractivity contribution in [2.75, 3.05) is 6.61 Å². The monoisotopic (exact) mass is 186 g/mol. The lowest BCUT2D eigenvalue weighted by Gasteiger charge is -2.00. The summed E-state index contributed by atoms with van der Waals surface area (Å²) in [4.78, 5) is 31.4. The summed E-state index contributed by atoms with van der Waals surface area (Å²) in [6.07, 6.45) is 0.843. The molecule has 0 aliphatic rings. The second kappa shape index (κ2) is 5.93. The van der Waals surface area contributed by atoms with Gasteiger partial charge in [0.15, 0.2) is 0 Å². The van der Waals surface area contributed by atoms with Crippen LogP contribution in [0.5, 0.6) is 0 Å². The van der Waals surface area contributed by atoms with Crippen LogP contribution < -0.4 is 0 Å². The number of carbonyl (C=O) groups excluding carboxylic acids is 3. The molecule has 0 amide bonds. The van der Waals surface area contributed by atoms with Crippen LogP contribution in [0.15, 0.2) is 12.7 Å². The summed E-state index contributed by atoms with van der Waals surface area (Å²) in [7, 11) is 0. The standard InChI is InChI=1S/C8H10O5/c1-3-7(10)12-5-4-8(11)13-6(2)9/h3H,1,4-5H2,2H3. The van der Waals surface area contributed by atoms with Gasteiger partial charge in [0.2, 0.25) is 0 Å². The van der Waals surface area contributed by atoms with Crippen LogP contribution in [0.3, 0.4) is 0 Å². The van der Waals surface area contributed by atoms with Crippen molar-refractivity contribution in [3.8, 4) is 0 Å². The fourth-order valence-electron chi connectivity index (χ4n) is 0.505. The number of ether oxygens (including phenoxy) is 2. The molecule has 0 bridgehead atoms. The van der Waals surface area contributed by atoms with Gasteiger partial charge in [0, 0.05) is 13.0 Å². The molecule has 0 saturated heterocycles. The molecule has 0 radical (unpaired) electrons. The third-order valence-corrected chi connectivity index (χ3v) is 0.975. The number of hydrogen-bond donors (Lipinski definition) is 0. The van der Waals surface area contributed by atoms with Crippen LogP contribution >= 0.6 is 0 Å². The normalized spacial score (nSPS) is 8.69. The molecule has 0 fully saturated rings. The van der Waals surface area contributed by atoms with Gasteiger partial charge in [-0.25, -0.2) is 4.79 Å². The first-order chi connectivity index (χ1) is 6.06. The van der Waals surface area contributed by atoms with E-state index in [4.69, 9.17) is 0 Å². The molecule has 5 heteroatoms. The molecule has 0 saturated carbocycles. The van der Waals surface area contributed by atoms with E-state index < -0.39 is 17.9 Å². The Bertz CT molecular complexity index is 231. The molecule has 0 aliphatic heterocycles. The Morgan fingerprint density at radius 2 is 2.00 bits per heavy atom. The van der Waals surface area contributed by atoms with Crippen molar-refractivity contribution in [2.45, 2.75) is 13.3 Å². The zero-order valence-electron chi connectivity index (χ0n) is 7.24. The van der Waals surface area contributed by atoms with Gasteiger partial charge >= 0.3 is 17.9 Å². The molecule has 0 unspecified atom stereocenters. The molecule has 0 aromatic carbocycles. The van der Waals surface area contributed by atoms with Gasteiger partial charge in [0.05, 0.1) is 6.42 Å². The Hall–Kier alpha value is -1.65. The lowest BCUT2D eigenvalue weighted by atomic mass is 10.4. The first kappa shape index (κ1) is 11.4. The summed E-state index contributed by atoms with van der Waals surface area (Å²) in [6, 6.07) is 0. The molecular weight excluding hydrogens is 176 g/mol. The summed E-state index contributed by atoms with van der Waals surface area (Å²) < 4.78 is 8.64. The Labute approximate surface area is 75.3 Å². The van der Waals surface area contributed by atoms with Crippen molar-refractivity contribution in [3.63, 3.8) is 0 Å². The molecular formula is C8H10O5. The molecule has 0 aromatic heterocycles. The molecule has 0 atom stereocenters. The average Bonchev–Trinajstić information content (AvgIpc) is 2.02. The predicted octanol–water partition coefficient (Wildman–Crippen LogP) is 0.195. The van der Waals surface area contributed by atoms with Crippen LogP contribution in [0.4, 0.5) is 0 Å². The molecule has 0 rings (SSSR count). The Morgan fingerprint density at radius 1 is 1.38 bits per heavy atom. The minimum absolute atomic E-state index is 0.114. The van der Waals surface area contributed by atoms with Crippen LogP contribution in [0.1, 0.15) is 13.3 Å². The maximum absolute atomic E-state index is 10.7. The van der Waals surface area contributed by atoms with Gasteiger partial charge in [0.1, 0.15) is 6.61 Å². The quantitative estimate of drug-likeness (QED) is 0.356. The maximum atomic E-state index is 10.7. The highest BCUT2D eigenvalue weighted by molar-refractivity contribution is 5.84. The summed E-state index contributed by atoms with van der Waals surface area (Å²) >= 11 is 0. The Kier molecular flexibility index (Phi) is 5.18. The summed E-state index contributed by atoms with van der Waals surface area (Å²) in [5.74, 6) is -2.01. The van der Waals surface area contributed by atoms with Crippen LogP contribution in [-0.4, -0.2) is 24.5 Å². The van der Waals surface area contributed by atoms with Crippen molar-refractivity contribution in [1.82, 2.24) is 0 Å². The smallest absolute Gasteiger partial charge is 0.330 e. The SMILES string of the molecule is C=CC(=O)OCCC(=O)OC(C)=O. The number of hydrogen-bond acceptors (Lipinski definition) is 5. The van der Waals surface area contributed by atoms with E-state index in [0.29, 0.717) is 0 Å². The first-order valence-electron chi connectivity index (χ1n) is 3.56. The highest BCUT2D eigenvalue weighted by Gasteiger charge is 2.06. The first-order valence-corrected chi connectivity index (χ1v) is 3.56.